The molecule has 82 valence electrons. The largest absolute Gasteiger partial charge is 0.478 e. The van der Waals surface area contributed by atoms with Crippen molar-refractivity contribution in [3.63, 3.8) is 0 Å². The van der Waals surface area contributed by atoms with Gasteiger partial charge in [-0.1, -0.05) is 6.07 Å². The van der Waals surface area contributed by atoms with Crippen molar-refractivity contribution in [2.45, 2.75) is 20.5 Å². The van der Waals surface area contributed by atoms with Gasteiger partial charge in [0.25, 0.3) is 0 Å². The summed E-state index contributed by atoms with van der Waals surface area (Å²) >= 11 is 0. The van der Waals surface area contributed by atoms with Gasteiger partial charge in [-0.3, -0.25) is 0 Å². The highest BCUT2D eigenvalue weighted by atomic mass is 19.3. The molecule has 1 aromatic rings. The highest BCUT2D eigenvalue weighted by molar-refractivity contribution is 5.92. The van der Waals surface area contributed by atoms with Gasteiger partial charge in [0.15, 0.2) is 0 Å². The maximum atomic E-state index is 12.0. The van der Waals surface area contributed by atoms with E-state index in [1.807, 2.05) is 0 Å². The van der Waals surface area contributed by atoms with E-state index in [0.29, 0.717) is 11.1 Å². The van der Waals surface area contributed by atoms with Crippen LogP contribution in [0.3, 0.4) is 0 Å². The first kappa shape index (κ1) is 11.4. The Morgan fingerprint density at radius 3 is 2.47 bits per heavy atom. The smallest absolute Gasteiger partial charge is 0.387 e. The summed E-state index contributed by atoms with van der Waals surface area (Å²) in [5.41, 5.74) is 0.854. The number of aryl methyl sites for hydroxylation is 2. The number of carboxylic acids is 1. The molecule has 5 heteroatoms. The van der Waals surface area contributed by atoms with Gasteiger partial charge < -0.3 is 9.84 Å². The summed E-state index contributed by atoms with van der Waals surface area (Å²) in [5.74, 6) is -1.57. The van der Waals surface area contributed by atoms with E-state index in [9.17, 15) is 13.6 Å². The molecule has 0 saturated heterocycles. The van der Waals surface area contributed by atoms with Crippen molar-refractivity contribution in [3.05, 3.63) is 28.8 Å². The molecule has 0 aliphatic rings. The number of halogens is 2. The van der Waals surface area contributed by atoms with E-state index in [1.165, 1.54) is 13.0 Å². The zero-order chi connectivity index (χ0) is 11.6. The molecule has 0 aliphatic carbocycles. The number of benzene rings is 1. The zero-order valence-corrected chi connectivity index (χ0v) is 8.25. The van der Waals surface area contributed by atoms with Crippen LogP contribution >= 0.6 is 0 Å². The lowest BCUT2D eigenvalue weighted by molar-refractivity contribution is -0.0503. The monoisotopic (exact) mass is 216 g/mol. The van der Waals surface area contributed by atoms with Crippen LogP contribution < -0.4 is 4.74 Å². The van der Waals surface area contributed by atoms with Crippen molar-refractivity contribution >= 4 is 5.97 Å². The number of ether oxygens (including phenoxy) is 1. The first-order chi connectivity index (χ1) is 6.91. The SMILES string of the molecule is Cc1cc(C)c(C(=O)O)c(OC(F)F)c1. The average molecular weight is 216 g/mol. The molecule has 0 unspecified atom stereocenters. The van der Waals surface area contributed by atoms with Gasteiger partial charge in [0.05, 0.1) is 0 Å². The minimum atomic E-state index is -3.02. The molecular formula is C10H10F2O3. The normalized spacial score (nSPS) is 10.5. The Balaban J connectivity index is 3.27. The van der Waals surface area contributed by atoms with Gasteiger partial charge in [-0.05, 0) is 31.0 Å². The Morgan fingerprint density at radius 1 is 1.40 bits per heavy atom. The van der Waals surface area contributed by atoms with Crippen molar-refractivity contribution in [1.82, 2.24) is 0 Å². The Hall–Kier alpha value is -1.65. The minimum Gasteiger partial charge on any atom is -0.478 e. The fraction of sp³-hybridized carbons (Fsp3) is 0.300. The maximum Gasteiger partial charge on any atom is 0.387 e. The van der Waals surface area contributed by atoms with Crippen LogP contribution in [-0.4, -0.2) is 17.7 Å². The summed E-state index contributed by atoms with van der Waals surface area (Å²) in [7, 11) is 0. The number of hydrogen-bond acceptors (Lipinski definition) is 2. The number of alkyl halides is 2. The van der Waals surface area contributed by atoms with Gasteiger partial charge in [-0.15, -0.1) is 0 Å². The maximum absolute atomic E-state index is 12.0. The Kier molecular flexibility index (Phi) is 3.24. The molecule has 0 bridgehead atoms. The van der Waals surface area contributed by atoms with Gasteiger partial charge in [0.2, 0.25) is 0 Å². The molecule has 0 amide bonds. The van der Waals surface area contributed by atoms with Gasteiger partial charge in [-0.2, -0.15) is 8.78 Å². The van der Waals surface area contributed by atoms with E-state index in [0.717, 1.165) is 0 Å². The predicted octanol–water partition coefficient (Wildman–Crippen LogP) is 2.60. The quantitative estimate of drug-likeness (QED) is 0.844. The molecule has 0 heterocycles. The third-order valence-corrected chi connectivity index (χ3v) is 1.87. The van der Waals surface area contributed by atoms with E-state index >= 15 is 0 Å². The second kappa shape index (κ2) is 4.25. The van der Waals surface area contributed by atoms with Crippen LogP contribution in [0.15, 0.2) is 12.1 Å². The average Bonchev–Trinajstić information content (AvgIpc) is 1.99. The van der Waals surface area contributed by atoms with Gasteiger partial charge >= 0.3 is 12.6 Å². The molecule has 0 fully saturated rings. The predicted molar refractivity (Wildman–Crippen MR) is 49.5 cm³/mol. The molecule has 0 spiro atoms. The highest BCUT2D eigenvalue weighted by Gasteiger charge is 2.17. The van der Waals surface area contributed by atoms with Crippen LogP contribution in [0.4, 0.5) is 8.78 Å². The van der Waals surface area contributed by atoms with Gasteiger partial charge in [0, 0.05) is 0 Å². The van der Waals surface area contributed by atoms with Crippen LogP contribution in [0, 0.1) is 13.8 Å². The standard InChI is InChI=1S/C10H10F2O3/c1-5-3-6(2)8(9(13)14)7(4-5)15-10(11)12/h3-4,10H,1-2H3,(H,13,14). The molecule has 3 nitrogen and oxygen atoms in total. The summed E-state index contributed by atoms with van der Waals surface area (Å²) in [6.07, 6.45) is 0. The summed E-state index contributed by atoms with van der Waals surface area (Å²) in [6.45, 7) is 0.190. The summed E-state index contributed by atoms with van der Waals surface area (Å²) in [4.78, 5) is 10.8. The third-order valence-electron chi connectivity index (χ3n) is 1.87. The van der Waals surface area contributed by atoms with E-state index in [2.05, 4.69) is 4.74 Å². The minimum absolute atomic E-state index is 0.221. The van der Waals surface area contributed by atoms with Crippen LogP contribution in [-0.2, 0) is 0 Å². The van der Waals surface area contributed by atoms with Gasteiger partial charge in [0.1, 0.15) is 11.3 Å². The molecule has 1 rings (SSSR count). The molecule has 0 saturated carbocycles. The van der Waals surface area contributed by atoms with E-state index < -0.39 is 12.6 Å². The summed E-state index contributed by atoms with van der Waals surface area (Å²) < 4.78 is 28.2. The molecule has 0 aromatic heterocycles. The lowest BCUT2D eigenvalue weighted by Crippen LogP contribution is -2.09. The van der Waals surface area contributed by atoms with Crippen molar-refractivity contribution in [2.24, 2.45) is 0 Å². The lowest BCUT2D eigenvalue weighted by Gasteiger charge is -2.11. The number of carbonyl (C=O) groups is 1. The summed E-state index contributed by atoms with van der Waals surface area (Å²) in [6, 6.07) is 2.88. The molecule has 1 aromatic carbocycles. The number of rotatable bonds is 3. The molecule has 0 aliphatic heterocycles. The van der Waals surface area contributed by atoms with Crippen LogP contribution in [0.5, 0.6) is 5.75 Å². The van der Waals surface area contributed by atoms with E-state index in [1.54, 1.807) is 13.0 Å². The van der Waals surface area contributed by atoms with E-state index in [-0.39, 0.29) is 11.3 Å². The molecule has 15 heavy (non-hydrogen) atoms. The fourth-order valence-corrected chi connectivity index (χ4v) is 1.39. The molecule has 1 N–H and O–H groups in total. The molecule has 0 atom stereocenters. The second-order valence-electron chi connectivity index (χ2n) is 3.14. The van der Waals surface area contributed by atoms with Crippen LogP contribution in [0.1, 0.15) is 21.5 Å². The van der Waals surface area contributed by atoms with Gasteiger partial charge in [-0.25, -0.2) is 4.79 Å². The zero-order valence-electron chi connectivity index (χ0n) is 8.25. The lowest BCUT2D eigenvalue weighted by atomic mass is 10.0. The molecular weight excluding hydrogens is 206 g/mol. The van der Waals surface area contributed by atoms with Crippen LogP contribution in [0.25, 0.3) is 0 Å². The Morgan fingerprint density at radius 2 is 2.00 bits per heavy atom. The van der Waals surface area contributed by atoms with Crippen molar-refractivity contribution in [3.8, 4) is 5.75 Å². The third kappa shape index (κ3) is 2.65. The highest BCUT2D eigenvalue weighted by Crippen LogP contribution is 2.25. The second-order valence-corrected chi connectivity index (χ2v) is 3.14. The molecule has 0 radical (unpaired) electrons. The fourth-order valence-electron chi connectivity index (χ4n) is 1.39. The van der Waals surface area contributed by atoms with Crippen molar-refractivity contribution in [1.29, 1.82) is 0 Å². The van der Waals surface area contributed by atoms with Crippen molar-refractivity contribution < 1.29 is 23.4 Å². The van der Waals surface area contributed by atoms with E-state index in [4.69, 9.17) is 5.11 Å². The number of aromatic carboxylic acids is 1. The Bertz CT molecular complexity index is 388. The first-order valence-corrected chi connectivity index (χ1v) is 4.21. The number of carboxylic acid groups (broad SMARTS) is 1. The number of hydrogen-bond donors (Lipinski definition) is 1. The topological polar surface area (TPSA) is 46.5 Å². The first-order valence-electron chi connectivity index (χ1n) is 4.21. The Labute approximate surface area is 85.3 Å². The van der Waals surface area contributed by atoms with Crippen molar-refractivity contribution in [2.75, 3.05) is 0 Å². The van der Waals surface area contributed by atoms with Crippen LogP contribution in [0.2, 0.25) is 0 Å². The summed E-state index contributed by atoms with van der Waals surface area (Å²) in [5, 5.41) is 8.83.